The second kappa shape index (κ2) is 5.38. The smallest absolute Gasteiger partial charge is 0.0373 e. The third kappa shape index (κ3) is 2.55. The first kappa shape index (κ1) is 12.7. The number of fused-ring (bicyclic) bond motifs is 1. The maximum absolute atomic E-state index is 3.61. The summed E-state index contributed by atoms with van der Waals surface area (Å²) >= 11 is 3.54. The Morgan fingerprint density at radius 2 is 2.05 bits per heavy atom. The van der Waals surface area contributed by atoms with Gasteiger partial charge in [-0.2, -0.15) is 0 Å². The molecule has 1 N–H and O–H groups in total. The lowest BCUT2D eigenvalue weighted by atomic mass is 9.77. The molecule has 98 valence electrons. The highest BCUT2D eigenvalue weighted by Crippen LogP contribution is 2.35. The normalized spacial score (nSPS) is 16.6. The maximum atomic E-state index is 3.61. The predicted octanol–water partition coefficient (Wildman–Crippen LogP) is 4.76. The number of hydrogen-bond donors (Lipinski definition) is 1. The Labute approximate surface area is 123 Å². The summed E-state index contributed by atoms with van der Waals surface area (Å²) in [7, 11) is 0. The highest BCUT2D eigenvalue weighted by Gasteiger charge is 2.24. The number of hydrogen-bond acceptors (Lipinski definition) is 1. The molecule has 0 radical (unpaired) electrons. The summed E-state index contributed by atoms with van der Waals surface area (Å²) in [5, 5.41) is 3.61. The molecular formula is C17H18BrN. The van der Waals surface area contributed by atoms with Crippen molar-refractivity contribution in [3.05, 3.63) is 63.6 Å². The Kier molecular flexibility index (Phi) is 3.61. The van der Waals surface area contributed by atoms with Crippen LogP contribution >= 0.6 is 15.9 Å². The molecular weight excluding hydrogens is 298 g/mol. The molecule has 0 saturated heterocycles. The molecule has 1 nitrogen and oxygen atoms in total. The van der Waals surface area contributed by atoms with Gasteiger partial charge in [0.1, 0.15) is 0 Å². The highest BCUT2D eigenvalue weighted by atomic mass is 79.9. The topological polar surface area (TPSA) is 12.0 Å². The van der Waals surface area contributed by atoms with E-state index in [-0.39, 0.29) is 0 Å². The molecule has 1 atom stereocenters. The molecule has 2 aromatic carbocycles. The average molecular weight is 316 g/mol. The summed E-state index contributed by atoms with van der Waals surface area (Å²) < 4.78 is 1.16. The molecule has 3 rings (SSSR count). The molecule has 1 aliphatic rings. The third-order valence-electron chi connectivity index (χ3n) is 3.95. The van der Waals surface area contributed by atoms with E-state index in [1.807, 2.05) is 0 Å². The number of rotatable bonds is 4. The van der Waals surface area contributed by atoms with Crippen molar-refractivity contribution in [2.45, 2.75) is 25.7 Å². The first-order valence-electron chi connectivity index (χ1n) is 6.88. The molecule has 0 heterocycles. The minimum Gasteiger partial charge on any atom is -0.384 e. The van der Waals surface area contributed by atoms with E-state index in [1.54, 1.807) is 0 Å². The molecule has 0 spiro atoms. The number of benzene rings is 2. The van der Waals surface area contributed by atoms with Gasteiger partial charge in [-0.15, -0.1) is 0 Å². The second-order valence-corrected chi connectivity index (χ2v) is 6.05. The second-order valence-electron chi connectivity index (χ2n) is 5.14. The van der Waals surface area contributed by atoms with Crippen LogP contribution in [-0.4, -0.2) is 6.54 Å². The van der Waals surface area contributed by atoms with Crippen molar-refractivity contribution in [2.24, 2.45) is 0 Å². The van der Waals surface area contributed by atoms with Crippen molar-refractivity contribution in [1.29, 1.82) is 0 Å². The fourth-order valence-electron chi connectivity index (χ4n) is 2.81. The van der Waals surface area contributed by atoms with Gasteiger partial charge in [0, 0.05) is 22.6 Å². The van der Waals surface area contributed by atoms with Crippen molar-refractivity contribution in [3.8, 4) is 0 Å². The van der Waals surface area contributed by atoms with Gasteiger partial charge in [0.15, 0.2) is 0 Å². The van der Waals surface area contributed by atoms with E-state index in [1.165, 1.54) is 28.8 Å². The minimum atomic E-state index is 0.671. The Balaban J connectivity index is 1.68. The molecule has 0 fully saturated rings. The van der Waals surface area contributed by atoms with E-state index >= 15 is 0 Å². The zero-order valence-electron chi connectivity index (χ0n) is 11.1. The quantitative estimate of drug-likeness (QED) is 0.857. The third-order valence-corrected chi connectivity index (χ3v) is 4.44. The van der Waals surface area contributed by atoms with E-state index in [9.17, 15) is 0 Å². The van der Waals surface area contributed by atoms with E-state index in [2.05, 4.69) is 70.6 Å². The minimum absolute atomic E-state index is 0.671. The van der Waals surface area contributed by atoms with Crippen LogP contribution in [0.4, 0.5) is 5.69 Å². The Bertz CT molecular complexity index is 592. The lowest BCUT2D eigenvalue weighted by Crippen LogP contribution is -2.24. The van der Waals surface area contributed by atoms with Gasteiger partial charge in [-0.3, -0.25) is 0 Å². The van der Waals surface area contributed by atoms with E-state index < -0.39 is 0 Å². The summed E-state index contributed by atoms with van der Waals surface area (Å²) in [5.74, 6) is 0.671. The van der Waals surface area contributed by atoms with Crippen molar-refractivity contribution >= 4 is 21.6 Å². The van der Waals surface area contributed by atoms with Crippen LogP contribution in [0.15, 0.2) is 46.9 Å². The van der Waals surface area contributed by atoms with Crippen LogP contribution in [0.5, 0.6) is 0 Å². The van der Waals surface area contributed by atoms with E-state index in [4.69, 9.17) is 0 Å². The summed E-state index contributed by atoms with van der Waals surface area (Å²) in [6.07, 6.45) is 2.27. The van der Waals surface area contributed by atoms with Gasteiger partial charge in [0.25, 0.3) is 0 Å². The molecule has 0 bridgehead atoms. The first-order valence-corrected chi connectivity index (χ1v) is 7.67. The van der Waals surface area contributed by atoms with Crippen LogP contribution in [0, 0.1) is 0 Å². The lowest BCUT2D eigenvalue weighted by Gasteiger charge is -2.30. The first-order chi connectivity index (χ1) is 9.28. The standard InChI is InChI=1S/C17H18BrN/c1-2-12-10-15(18)7-8-17(12)19-11-14-9-13-5-3-4-6-16(13)14/h3-8,10,14,19H,2,9,11H2,1H3. The van der Waals surface area contributed by atoms with Crippen molar-refractivity contribution in [1.82, 2.24) is 0 Å². The van der Waals surface area contributed by atoms with Crippen molar-refractivity contribution < 1.29 is 0 Å². The molecule has 2 heteroatoms. The fourth-order valence-corrected chi connectivity index (χ4v) is 3.21. The van der Waals surface area contributed by atoms with Crippen LogP contribution in [-0.2, 0) is 12.8 Å². The van der Waals surface area contributed by atoms with Crippen LogP contribution in [0.25, 0.3) is 0 Å². The Morgan fingerprint density at radius 3 is 2.84 bits per heavy atom. The zero-order valence-corrected chi connectivity index (χ0v) is 12.7. The SMILES string of the molecule is CCc1cc(Br)ccc1NCC1Cc2ccccc21. The van der Waals surface area contributed by atoms with Gasteiger partial charge in [-0.25, -0.2) is 0 Å². The molecule has 0 amide bonds. The molecule has 19 heavy (non-hydrogen) atoms. The van der Waals surface area contributed by atoms with Gasteiger partial charge in [-0.05, 0) is 47.7 Å². The fraction of sp³-hybridized carbons (Fsp3) is 0.294. The summed E-state index contributed by atoms with van der Waals surface area (Å²) in [6, 6.07) is 15.3. The molecule has 2 aromatic rings. The van der Waals surface area contributed by atoms with Crippen LogP contribution in [0.3, 0.4) is 0 Å². The zero-order chi connectivity index (χ0) is 13.2. The van der Waals surface area contributed by atoms with Gasteiger partial charge in [0.05, 0.1) is 0 Å². The number of aryl methyl sites for hydroxylation is 1. The molecule has 1 unspecified atom stereocenters. The molecule has 0 aromatic heterocycles. The van der Waals surface area contributed by atoms with Crippen molar-refractivity contribution in [2.75, 3.05) is 11.9 Å². The summed E-state index contributed by atoms with van der Waals surface area (Å²) in [4.78, 5) is 0. The average Bonchev–Trinajstić information content (AvgIpc) is 2.41. The van der Waals surface area contributed by atoms with Crippen molar-refractivity contribution in [3.63, 3.8) is 0 Å². The number of halogens is 1. The molecule has 0 aliphatic heterocycles. The monoisotopic (exact) mass is 315 g/mol. The van der Waals surface area contributed by atoms with Crippen LogP contribution in [0.1, 0.15) is 29.5 Å². The molecule has 0 saturated carbocycles. The van der Waals surface area contributed by atoms with Crippen LogP contribution in [0.2, 0.25) is 0 Å². The van der Waals surface area contributed by atoms with Crippen LogP contribution < -0.4 is 5.32 Å². The van der Waals surface area contributed by atoms with Gasteiger partial charge in [-0.1, -0.05) is 47.1 Å². The number of nitrogens with one attached hydrogen (secondary N) is 1. The highest BCUT2D eigenvalue weighted by molar-refractivity contribution is 9.10. The summed E-state index contributed by atoms with van der Waals surface area (Å²) in [5.41, 5.74) is 5.68. The van der Waals surface area contributed by atoms with Gasteiger partial charge >= 0.3 is 0 Å². The van der Waals surface area contributed by atoms with E-state index in [0.29, 0.717) is 5.92 Å². The maximum Gasteiger partial charge on any atom is 0.0373 e. The Morgan fingerprint density at radius 1 is 1.21 bits per heavy atom. The summed E-state index contributed by atoms with van der Waals surface area (Å²) in [6.45, 7) is 3.23. The number of anilines is 1. The van der Waals surface area contributed by atoms with E-state index in [0.717, 1.165) is 17.4 Å². The van der Waals surface area contributed by atoms with Gasteiger partial charge in [0.2, 0.25) is 0 Å². The lowest BCUT2D eigenvalue weighted by molar-refractivity contribution is 0.635. The largest absolute Gasteiger partial charge is 0.384 e. The predicted molar refractivity (Wildman–Crippen MR) is 84.9 cm³/mol. The Hall–Kier alpha value is -1.28. The van der Waals surface area contributed by atoms with Gasteiger partial charge < -0.3 is 5.32 Å². The molecule has 1 aliphatic carbocycles.